The summed E-state index contributed by atoms with van der Waals surface area (Å²) in [5.74, 6) is 1.09. The smallest absolute Gasteiger partial charge is 0.258 e. The average molecular weight is 365 g/mol. The van der Waals surface area contributed by atoms with Crippen LogP contribution in [0.1, 0.15) is 65.4 Å². The second-order valence-electron chi connectivity index (χ2n) is 7.66. The molecule has 1 amide bonds. The average Bonchev–Trinajstić information content (AvgIpc) is 2.58. The van der Waals surface area contributed by atoms with E-state index < -0.39 is 0 Å². The molecule has 1 aromatic rings. The summed E-state index contributed by atoms with van der Waals surface area (Å²) in [4.78, 5) is 11.9. The van der Waals surface area contributed by atoms with Gasteiger partial charge in [-0.2, -0.15) is 0 Å². The van der Waals surface area contributed by atoms with Gasteiger partial charge in [-0.3, -0.25) is 4.79 Å². The van der Waals surface area contributed by atoms with Crippen LogP contribution >= 0.6 is 0 Å². The topological polar surface area (TPSA) is 59.6 Å². The minimum Gasteiger partial charge on any atom is -0.493 e. The molecule has 1 aromatic carbocycles. The van der Waals surface area contributed by atoms with E-state index in [9.17, 15) is 4.79 Å². The maximum absolute atomic E-state index is 11.9. The number of ether oxygens (including phenoxy) is 2. The molecule has 5 heteroatoms. The fourth-order valence-electron chi connectivity index (χ4n) is 2.63. The molecule has 2 N–H and O–H groups in total. The van der Waals surface area contributed by atoms with Crippen molar-refractivity contribution in [2.75, 3.05) is 20.3 Å². The van der Waals surface area contributed by atoms with Crippen molar-refractivity contribution in [3.05, 3.63) is 23.8 Å². The Morgan fingerprint density at radius 3 is 2.46 bits per heavy atom. The Morgan fingerprint density at radius 1 is 1.08 bits per heavy atom. The summed E-state index contributed by atoms with van der Waals surface area (Å²) in [6, 6.07) is 5.83. The number of rotatable bonds is 12. The molecule has 0 heterocycles. The lowest BCUT2D eigenvalue weighted by Crippen LogP contribution is -2.43. The van der Waals surface area contributed by atoms with Crippen molar-refractivity contribution in [3.63, 3.8) is 0 Å². The number of benzene rings is 1. The number of nitrogens with one attached hydrogen (secondary N) is 2. The Hall–Kier alpha value is -1.75. The minimum atomic E-state index is -0.267. The molecule has 0 saturated carbocycles. The van der Waals surface area contributed by atoms with E-state index in [-0.39, 0.29) is 18.1 Å². The molecule has 0 aliphatic rings. The number of hydrogen-bond acceptors (Lipinski definition) is 4. The first kappa shape index (κ1) is 22.3. The molecule has 148 valence electrons. The number of carbonyl (C=O) groups is 1. The van der Waals surface area contributed by atoms with Crippen molar-refractivity contribution in [1.29, 1.82) is 0 Å². The quantitative estimate of drug-likeness (QED) is 0.549. The second-order valence-corrected chi connectivity index (χ2v) is 7.66. The van der Waals surface area contributed by atoms with Crippen LogP contribution in [0.15, 0.2) is 18.2 Å². The normalized spacial score (nSPS) is 11.3. The predicted octanol–water partition coefficient (Wildman–Crippen LogP) is 4.05. The third kappa shape index (κ3) is 9.66. The van der Waals surface area contributed by atoms with Gasteiger partial charge in [0.05, 0.1) is 7.11 Å². The van der Waals surface area contributed by atoms with Crippen molar-refractivity contribution in [2.45, 2.75) is 71.9 Å². The van der Waals surface area contributed by atoms with E-state index in [0.29, 0.717) is 11.5 Å². The number of amides is 1. The Morgan fingerprint density at radius 2 is 1.81 bits per heavy atom. The number of carbonyl (C=O) groups excluding carboxylic acids is 1. The van der Waals surface area contributed by atoms with E-state index >= 15 is 0 Å². The van der Waals surface area contributed by atoms with E-state index in [0.717, 1.165) is 18.7 Å². The molecule has 0 spiro atoms. The van der Waals surface area contributed by atoms with Gasteiger partial charge in [0.25, 0.3) is 5.91 Å². The predicted molar refractivity (Wildman–Crippen MR) is 107 cm³/mol. The van der Waals surface area contributed by atoms with Gasteiger partial charge < -0.3 is 20.1 Å². The van der Waals surface area contributed by atoms with Crippen molar-refractivity contribution in [2.24, 2.45) is 0 Å². The fourth-order valence-corrected chi connectivity index (χ4v) is 2.63. The van der Waals surface area contributed by atoms with Gasteiger partial charge in [0.2, 0.25) is 0 Å². The summed E-state index contributed by atoms with van der Waals surface area (Å²) in [6.07, 6.45) is 6.42. The third-order valence-corrected chi connectivity index (χ3v) is 3.89. The molecule has 0 aromatic heterocycles. The number of methoxy groups -OCH3 is 1. The molecule has 0 aliphatic heterocycles. The van der Waals surface area contributed by atoms with E-state index in [1.54, 1.807) is 7.11 Å². The SMILES string of the molecule is CCCCCCCNCc1ccc(OCC(=O)NC(C)(C)C)c(OC)c1. The Kier molecular flexibility index (Phi) is 10.1. The van der Waals surface area contributed by atoms with E-state index in [1.807, 2.05) is 39.0 Å². The fraction of sp³-hybridized carbons (Fsp3) is 0.667. The van der Waals surface area contributed by atoms with Crippen LogP contribution in [0.3, 0.4) is 0 Å². The minimum absolute atomic E-state index is 0.0248. The highest BCUT2D eigenvalue weighted by atomic mass is 16.5. The summed E-state index contributed by atoms with van der Waals surface area (Å²) in [5.41, 5.74) is 0.873. The van der Waals surface area contributed by atoms with Crippen LogP contribution in [0.25, 0.3) is 0 Å². The van der Waals surface area contributed by atoms with Crippen molar-refractivity contribution >= 4 is 5.91 Å². The van der Waals surface area contributed by atoms with Crippen molar-refractivity contribution in [3.8, 4) is 11.5 Å². The number of unbranched alkanes of at least 4 members (excludes halogenated alkanes) is 4. The molecule has 0 fully saturated rings. The summed E-state index contributed by atoms with van der Waals surface area (Å²) >= 11 is 0. The third-order valence-electron chi connectivity index (χ3n) is 3.89. The second kappa shape index (κ2) is 11.8. The molecular weight excluding hydrogens is 328 g/mol. The summed E-state index contributed by atoms with van der Waals surface area (Å²) in [5, 5.41) is 6.34. The molecule has 0 bridgehead atoms. The molecule has 5 nitrogen and oxygen atoms in total. The van der Waals surface area contributed by atoms with Gasteiger partial charge in [-0.15, -0.1) is 0 Å². The van der Waals surface area contributed by atoms with E-state index in [4.69, 9.17) is 9.47 Å². The summed E-state index contributed by atoms with van der Waals surface area (Å²) < 4.78 is 11.0. The van der Waals surface area contributed by atoms with Gasteiger partial charge in [-0.1, -0.05) is 38.7 Å². The van der Waals surface area contributed by atoms with Crippen LogP contribution in [0, 0.1) is 0 Å². The molecule has 1 rings (SSSR count). The zero-order valence-electron chi connectivity index (χ0n) is 17.1. The standard InChI is InChI=1S/C21H36N2O3/c1-6-7-8-9-10-13-22-15-17-11-12-18(19(14-17)25-5)26-16-20(24)23-21(2,3)4/h11-12,14,22H,6-10,13,15-16H2,1-5H3,(H,23,24). The summed E-state index contributed by atoms with van der Waals surface area (Å²) in [6.45, 7) is 9.86. The first-order chi connectivity index (χ1) is 12.4. The van der Waals surface area contributed by atoms with E-state index in [1.165, 1.54) is 32.1 Å². The summed E-state index contributed by atoms with van der Waals surface area (Å²) in [7, 11) is 1.61. The Balaban J connectivity index is 2.42. The molecule has 0 saturated heterocycles. The first-order valence-electron chi connectivity index (χ1n) is 9.67. The molecule has 26 heavy (non-hydrogen) atoms. The van der Waals surface area contributed by atoms with E-state index in [2.05, 4.69) is 17.6 Å². The van der Waals surface area contributed by atoms with Gasteiger partial charge >= 0.3 is 0 Å². The maximum atomic E-state index is 11.9. The highest BCUT2D eigenvalue weighted by Gasteiger charge is 2.15. The van der Waals surface area contributed by atoms with Crippen LogP contribution in [0.2, 0.25) is 0 Å². The Bertz CT molecular complexity index is 539. The van der Waals surface area contributed by atoms with Gasteiger partial charge in [-0.25, -0.2) is 0 Å². The molecule has 0 atom stereocenters. The van der Waals surface area contributed by atoms with Gasteiger partial charge in [0.1, 0.15) is 0 Å². The number of hydrogen-bond donors (Lipinski definition) is 2. The van der Waals surface area contributed by atoms with Crippen molar-refractivity contribution < 1.29 is 14.3 Å². The molecule has 0 radical (unpaired) electrons. The molecule has 0 aliphatic carbocycles. The largest absolute Gasteiger partial charge is 0.493 e. The van der Waals surface area contributed by atoms with Crippen LogP contribution in [0.5, 0.6) is 11.5 Å². The highest BCUT2D eigenvalue weighted by molar-refractivity contribution is 5.78. The lowest BCUT2D eigenvalue weighted by atomic mass is 10.1. The van der Waals surface area contributed by atoms with Gasteiger partial charge in [0, 0.05) is 12.1 Å². The molecular formula is C21H36N2O3. The van der Waals surface area contributed by atoms with Crippen LogP contribution in [0.4, 0.5) is 0 Å². The van der Waals surface area contributed by atoms with Crippen LogP contribution < -0.4 is 20.1 Å². The Labute approximate surface area is 158 Å². The monoisotopic (exact) mass is 364 g/mol. The first-order valence-corrected chi connectivity index (χ1v) is 9.67. The van der Waals surface area contributed by atoms with Crippen LogP contribution in [-0.4, -0.2) is 31.7 Å². The zero-order chi connectivity index (χ0) is 19.4. The van der Waals surface area contributed by atoms with Crippen LogP contribution in [-0.2, 0) is 11.3 Å². The lowest BCUT2D eigenvalue weighted by molar-refractivity contribution is -0.124. The molecule has 0 unspecified atom stereocenters. The maximum Gasteiger partial charge on any atom is 0.258 e. The van der Waals surface area contributed by atoms with Gasteiger partial charge in [0.15, 0.2) is 18.1 Å². The zero-order valence-corrected chi connectivity index (χ0v) is 17.1. The highest BCUT2D eigenvalue weighted by Crippen LogP contribution is 2.28. The van der Waals surface area contributed by atoms with Crippen molar-refractivity contribution in [1.82, 2.24) is 10.6 Å². The van der Waals surface area contributed by atoms with Gasteiger partial charge in [-0.05, 0) is 51.4 Å². The lowest BCUT2D eigenvalue weighted by Gasteiger charge is -2.20.